The van der Waals surface area contributed by atoms with Crippen LogP contribution in [-0.2, 0) is 16.0 Å². The van der Waals surface area contributed by atoms with Gasteiger partial charge in [0.05, 0.1) is 4.88 Å². The van der Waals surface area contributed by atoms with Gasteiger partial charge < -0.3 is 14.5 Å². The SMILES string of the molecule is O=C(O)[C@@H]1C[C@H]2CCCC[C@H]2N1C(=O)CCc1nc(-c2cccs2)no1. The number of hydrogen-bond donors (Lipinski definition) is 1. The molecule has 8 heteroatoms. The number of thiophene rings is 1. The van der Waals surface area contributed by atoms with Crippen molar-refractivity contribution in [3.05, 3.63) is 23.4 Å². The Kier molecular flexibility index (Phi) is 4.76. The van der Waals surface area contributed by atoms with Crippen molar-refractivity contribution in [2.24, 2.45) is 5.92 Å². The number of carboxylic acids is 1. The molecule has 138 valence electrons. The fraction of sp³-hybridized carbons (Fsp3) is 0.556. The van der Waals surface area contributed by atoms with E-state index in [2.05, 4.69) is 10.1 Å². The third kappa shape index (κ3) is 3.25. The summed E-state index contributed by atoms with van der Waals surface area (Å²) in [6, 6.07) is 3.20. The molecule has 0 spiro atoms. The summed E-state index contributed by atoms with van der Waals surface area (Å²) in [5.41, 5.74) is 0. The van der Waals surface area contributed by atoms with E-state index in [-0.39, 0.29) is 18.4 Å². The molecule has 1 aliphatic heterocycles. The largest absolute Gasteiger partial charge is 0.480 e. The second-order valence-corrected chi connectivity index (χ2v) is 7.94. The number of likely N-dealkylation sites (tertiary alicyclic amines) is 1. The van der Waals surface area contributed by atoms with Gasteiger partial charge in [-0.25, -0.2) is 4.79 Å². The molecule has 0 aromatic carbocycles. The van der Waals surface area contributed by atoms with Gasteiger partial charge >= 0.3 is 5.97 Å². The molecular weight excluding hydrogens is 354 g/mol. The minimum absolute atomic E-state index is 0.0710. The quantitative estimate of drug-likeness (QED) is 0.863. The average molecular weight is 375 g/mol. The zero-order valence-corrected chi connectivity index (χ0v) is 15.2. The summed E-state index contributed by atoms with van der Waals surface area (Å²) >= 11 is 1.52. The number of carbonyl (C=O) groups excluding carboxylic acids is 1. The van der Waals surface area contributed by atoms with Gasteiger partial charge in [-0.3, -0.25) is 4.79 Å². The molecule has 0 unspecified atom stereocenters. The molecule has 1 N–H and O–H groups in total. The van der Waals surface area contributed by atoms with Crippen LogP contribution in [0.1, 0.15) is 44.4 Å². The second kappa shape index (κ2) is 7.19. The summed E-state index contributed by atoms with van der Waals surface area (Å²) < 4.78 is 5.24. The fourth-order valence-electron chi connectivity index (χ4n) is 4.24. The maximum absolute atomic E-state index is 12.8. The standard InChI is InChI=1S/C18H21N3O4S/c22-16(8-7-15-19-17(20-25-15)14-6-3-9-26-14)21-12-5-2-1-4-11(12)10-13(21)18(23)24/h3,6,9,11-13H,1-2,4-5,7-8,10H2,(H,23,24)/t11-,12-,13+/m1/s1. The van der Waals surface area contributed by atoms with Crippen molar-refractivity contribution in [3.63, 3.8) is 0 Å². The molecule has 1 aliphatic carbocycles. The monoisotopic (exact) mass is 375 g/mol. The fourth-order valence-corrected chi connectivity index (χ4v) is 4.89. The maximum atomic E-state index is 12.8. The van der Waals surface area contributed by atoms with Crippen molar-refractivity contribution < 1.29 is 19.2 Å². The Morgan fingerprint density at radius 2 is 2.19 bits per heavy atom. The van der Waals surface area contributed by atoms with Crippen LogP contribution in [0.3, 0.4) is 0 Å². The molecule has 2 fully saturated rings. The van der Waals surface area contributed by atoms with Crippen LogP contribution in [0.15, 0.2) is 22.0 Å². The molecule has 26 heavy (non-hydrogen) atoms. The number of aryl methyl sites for hydroxylation is 1. The van der Waals surface area contributed by atoms with Crippen molar-refractivity contribution in [1.29, 1.82) is 0 Å². The number of carboxylic acid groups (broad SMARTS) is 1. The second-order valence-electron chi connectivity index (χ2n) is 6.99. The number of nitrogens with zero attached hydrogens (tertiary/aromatic N) is 3. The lowest BCUT2D eigenvalue weighted by Gasteiger charge is -2.33. The lowest BCUT2D eigenvalue weighted by Crippen LogP contribution is -2.46. The Morgan fingerprint density at radius 1 is 1.35 bits per heavy atom. The lowest BCUT2D eigenvalue weighted by atomic mass is 9.84. The smallest absolute Gasteiger partial charge is 0.326 e. The van der Waals surface area contributed by atoms with Crippen LogP contribution < -0.4 is 0 Å². The van der Waals surface area contributed by atoms with Crippen molar-refractivity contribution in [3.8, 4) is 10.7 Å². The Bertz CT molecular complexity index is 788. The number of carbonyl (C=O) groups is 2. The van der Waals surface area contributed by atoms with E-state index in [9.17, 15) is 14.7 Å². The molecule has 3 heterocycles. The topological polar surface area (TPSA) is 96.5 Å². The number of amides is 1. The molecular formula is C18H21N3O4S. The molecule has 1 amide bonds. The van der Waals surface area contributed by atoms with E-state index in [4.69, 9.17) is 4.52 Å². The van der Waals surface area contributed by atoms with Gasteiger partial charge in [0.15, 0.2) is 0 Å². The molecule has 4 rings (SSSR count). The van der Waals surface area contributed by atoms with Gasteiger partial charge in [0.2, 0.25) is 17.6 Å². The molecule has 0 bridgehead atoms. The highest BCUT2D eigenvalue weighted by Gasteiger charge is 2.47. The molecule has 0 radical (unpaired) electrons. The van der Waals surface area contributed by atoms with E-state index in [0.29, 0.717) is 30.5 Å². The Hall–Kier alpha value is -2.22. The highest BCUT2D eigenvalue weighted by molar-refractivity contribution is 7.13. The van der Waals surface area contributed by atoms with Gasteiger partial charge in [-0.05, 0) is 36.6 Å². The summed E-state index contributed by atoms with van der Waals surface area (Å²) in [5.74, 6) is 0.239. The number of fused-ring (bicyclic) bond motifs is 1. The molecule has 2 aromatic heterocycles. The third-order valence-corrected chi connectivity index (χ3v) is 6.29. The van der Waals surface area contributed by atoms with Gasteiger partial charge in [-0.15, -0.1) is 11.3 Å². The molecule has 1 saturated carbocycles. The van der Waals surface area contributed by atoms with Gasteiger partial charge in [0.25, 0.3) is 0 Å². The summed E-state index contributed by atoms with van der Waals surface area (Å²) in [4.78, 5) is 31.3. The number of rotatable bonds is 5. The van der Waals surface area contributed by atoms with Crippen molar-refractivity contribution in [2.75, 3.05) is 0 Å². The van der Waals surface area contributed by atoms with Crippen LogP contribution in [0.2, 0.25) is 0 Å². The van der Waals surface area contributed by atoms with Gasteiger partial charge in [-0.2, -0.15) is 4.98 Å². The van der Waals surface area contributed by atoms with Crippen molar-refractivity contribution >= 4 is 23.2 Å². The van der Waals surface area contributed by atoms with E-state index in [1.807, 2.05) is 17.5 Å². The van der Waals surface area contributed by atoms with Gasteiger partial charge in [0.1, 0.15) is 6.04 Å². The summed E-state index contributed by atoms with van der Waals surface area (Å²) in [5, 5.41) is 15.4. The van der Waals surface area contributed by atoms with Crippen molar-refractivity contribution in [2.45, 2.75) is 57.0 Å². The number of aromatic nitrogens is 2. The zero-order valence-electron chi connectivity index (χ0n) is 14.3. The average Bonchev–Trinajstić information content (AvgIpc) is 3.37. The molecule has 3 atom stereocenters. The number of aliphatic carboxylic acids is 1. The summed E-state index contributed by atoms with van der Waals surface area (Å²) in [6.07, 6.45) is 5.22. The first kappa shape index (κ1) is 17.2. The van der Waals surface area contributed by atoms with Crippen LogP contribution in [-0.4, -0.2) is 44.1 Å². The lowest BCUT2D eigenvalue weighted by molar-refractivity contribution is -0.149. The maximum Gasteiger partial charge on any atom is 0.326 e. The summed E-state index contributed by atoms with van der Waals surface area (Å²) in [7, 11) is 0. The van der Waals surface area contributed by atoms with Crippen molar-refractivity contribution in [1.82, 2.24) is 15.0 Å². The number of hydrogen-bond acceptors (Lipinski definition) is 6. The Balaban J connectivity index is 1.42. The van der Waals surface area contributed by atoms with E-state index >= 15 is 0 Å². The predicted octanol–water partition coefficient (Wildman–Crippen LogP) is 2.98. The van der Waals surface area contributed by atoms with E-state index in [1.54, 1.807) is 4.90 Å². The van der Waals surface area contributed by atoms with Crippen LogP contribution in [0.5, 0.6) is 0 Å². The first-order valence-electron chi connectivity index (χ1n) is 9.04. The molecule has 1 saturated heterocycles. The van der Waals surface area contributed by atoms with E-state index in [1.165, 1.54) is 11.3 Å². The molecule has 7 nitrogen and oxygen atoms in total. The first-order chi connectivity index (χ1) is 12.6. The highest BCUT2D eigenvalue weighted by Crippen LogP contribution is 2.40. The Labute approximate surface area is 155 Å². The Morgan fingerprint density at radius 3 is 2.96 bits per heavy atom. The van der Waals surface area contributed by atoms with Gasteiger partial charge in [-0.1, -0.05) is 24.1 Å². The van der Waals surface area contributed by atoms with Crippen LogP contribution in [0, 0.1) is 5.92 Å². The first-order valence-corrected chi connectivity index (χ1v) is 9.92. The minimum Gasteiger partial charge on any atom is -0.480 e. The van der Waals surface area contributed by atoms with Crippen LogP contribution >= 0.6 is 11.3 Å². The highest BCUT2D eigenvalue weighted by atomic mass is 32.1. The molecule has 2 aromatic rings. The summed E-state index contributed by atoms with van der Waals surface area (Å²) in [6.45, 7) is 0. The third-order valence-electron chi connectivity index (χ3n) is 5.42. The van der Waals surface area contributed by atoms with Crippen LogP contribution in [0.4, 0.5) is 0 Å². The predicted molar refractivity (Wildman–Crippen MR) is 94.6 cm³/mol. The van der Waals surface area contributed by atoms with Crippen LogP contribution in [0.25, 0.3) is 10.7 Å². The van der Waals surface area contributed by atoms with E-state index in [0.717, 1.165) is 30.6 Å². The zero-order chi connectivity index (χ0) is 18.1. The molecule has 2 aliphatic rings. The normalized spacial score (nSPS) is 25.2. The van der Waals surface area contributed by atoms with E-state index < -0.39 is 12.0 Å². The van der Waals surface area contributed by atoms with Gasteiger partial charge in [0, 0.05) is 18.9 Å². The minimum atomic E-state index is -0.898.